The third-order valence-corrected chi connectivity index (χ3v) is 2.34. The van der Waals surface area contributed by atoms with Crippen molar-refractivity contribution in [3.8, 4) is 0 Å². The minimum Gasteiger partial charge on any atom is -0.423 e. The van der Waals surface area contributed by atoms with Crippen LogP contribution in [0, 0.1) is 12.7 Å². The van der Waals surface area contributed by atoms with Crippen molar-refractivity contribution < 1.29 is 19.2 Å². The highest BCUT2D eigenvalue weighted by Gasteiger charge is 2.22. The van der Waals surface area contributed by atoms with Crippen molar-refractivity contribution in [3.63, 3.8) is 0 Å². The van der Waals surface area contributed by atoms with Crippen LogP contribution in [0.3, 0.4) is 0 Å². The number of carbonyl (C=O) groups excluding carboxylic acids is 1. The number of aldehydes is 1. The Hall–Kier alpha value is -0.905. The summed E-state index contributed by atoms with van der Waals surface area (Å²) in [6.07, 6.45) is 0.247. The smallest absolute Gasteiger partial charge is 0.423 e. The number of halogens is 2. The molecule has 14 heavy (non-hydrogen) atoms. The van der Waals surface area contributed by atoms with Gasteiger partial charge in [0.1, 0.15) is 5.82 Å². The summed E-state index contributed by atoms with van der Waals surface area (Å²) in [5.74, 6) is -0.995. The second-order valence-electron chi connectivity index (χ2n) is 2.82. The first-order valence-corrected chi connectivity index (χ1v) is 4.16. The van der Waals surface area contributed by atoms with Gasteiger partial charge in [0.2, 0.25) is 0 Å². The van der Waals surface area contributed by atoms with Gasteiger partial charge < -0.3 is 10.0 Å². The Kier molecular flexibility index (Phi) is 3.26. The lowest BCUT2D eigenvalue weighted by Crippen LogP contribution is -2.34. The molecule has 0 amide bonds. The van der Waals surface area contributed by atoms with E-state index in [9.17, 15) is 9.18 Å². The largest absolute Gasteiger partial charge is 0.491 e. The lowest BCUT2D eigenvalue weighted by atomic mass is 9.78. The molecule has 0 aliphatic rings. The molecular formula is C8H7BClFO3. The van der Waals surface area contributed by atoms with E-state index in [1.165, 1.54) is 6.07 Å². The standard InChI is InChI=1S/C8H7BClFO3/c1-4-2-6(9(13)14)8(11)5(3-12)7(4)10/h2-3,13-14H,1H3. The van der Waals surface area contributed by atoms with Crippen molar-refractivity contribution in [1.29, 1.82) is 0 Å². The molecule has 1 aromatic carbocycles. The normalized spacial score (nSPS) is 10.1. The van der Waals surface area contributed by atoms with Gasteiger partial charge in [0, 0.05) is 5.46 Å². The van der Waals surface area contributed by atoms with E-state index in [1.54, 1.807) is 6.92 Å². The maximum Gasteiger partial charge on any atom is 0.491 e. The van der Waals surface area contributed by atoms with Crippen molar-refractivity contribution in [2.24, 2.45) is 0 Å². The molecule has 0 atom stereocenters. The summed E-state index contributed by atoms with van der Waals surface area (Å²) in [5.41, 5.74) is -0.290. The molecule has 0 unspecified atom stereocenters. The molecule has 0 saturated carbocycles. The lowest BCUT2D eigenvalue weighted by molar-refractivity contribution is 0.112. The summed E-state index contributed by atoms with van der Waals surface area (Å²) in [5, 5.41) is 17.6. The molecule has 1 rings (SSSR count). The number of rotatable bonds is 2. The Morgan fingerprint density at radius 1 is 1.57 bits per heavy atom. The fraction of sp³-hybridized carbons (Fsp3) is 0.125. The molecular weight excluding hydrogens is 209 g/mol. The van der Waals surface area contributed by atoms with E-state index < -0.39 is 12.9 Å². The number of hydrogen-bond donors (Lipinski definition) is 2. The van der Waals surface area contributed by atoms with Gasteiger partial charge in [-0.1, -0.05) is 17.7 Å². The molecule has 0 aliphatic carbocycles. The molecule has 1 aromatic rings. The average molecular weight is 216 g/mol. The summed E-state index contributed by atoms with van der Waals surface area (Å²) >= 11 is 5.64. The molecule has 0 spiro atoms. The van der Waals surface area contributed by atoms with Crippen LogP contribution in [0.2, 0.25) is 5.02 Å². The van der Waals surface area contributed by atoms with Crippen LogP contribution in [-0.4, -0.2) is 23.5 Å². The maximum atomic E-state index is 13.3. The van der Waals surface area contributed by atoms with E-state index in [2.05, 4.69) is 0 Å². The van der Waals surface area contributed by atoms with Gasteiger partial charge >= 0.3 is 7.12 Å². The topological polar surface area (TPSA) is 57.5 Å². The Labute approximate surface area is 85.3 Å². The third-order valence-electron chi connectivity index (χ3n) is 1.84. The molecule has 2 N–H and O–H groups in total. The van der Waals surface area contributed by atoms with Crippen LogP contribution in [0.5, 0.6) is 0 Å². The molecule has 3 nitrogen and oxygen atoms in total. The van der Waals surface area contributed by atoms with E-state index in [-0.39, 0.29) is 22.3 Å². The third kappa shape index (κ3) is 1.80. The highest BCUT2D eigenvalue weighted by molar-refractivity contribution is 6.59. The highest BCUT2D eigenvalue weighted by Crippen LogP contribution is 2.20. The Morgan fingerprint density at radius 3 is 2.57 bits per heavy atom. The predicted octanol–water partition coefficient (Wildman–Crippen LogP) is 0.280. The predicted molar refractivity (Wildman–Crippen MR) is 51.4 cm³/mol. The molecule has 0 aliphatic heterocycles. The van der Waals surface area contributed by atoms with E-state index in [0.717, 1.165) is 0 Å². The van der Waals surface area contributed by atoms with Gasteiger partial charge in [-0.25, -0.2) is 4.39 Å². The summed E-state index contributed by atoms with van der Waals surface area (Å²) in [6.45, 7) is 1.54. The van der Waals surface area contributed by atoms with Gasteiger partial charge in [-0.2, -0.15) is 0 Å². The van der Waals surface area contributed by atoms with Crippen molar-refractivity contribution in [2.45, 2.75) is 6.92 Å². The van der Waals surface area contributed by atoms with Crippen LogP contribution in [-0.2, 0) is 0 Å². The van der Waals surface area contributed by atoms with Crippen LogP contribution >= 0.6 is 11.6 Å². The molecule has 0 radical (unpaired) electrons. The number of hydrogen-bond acceptors (Lipinski definition) is 3. The molecule has 0 saturated heterocycles. The summed E-state index contributed by atoms with van der Waals surface area (Å²) in [4.78, 5) is 10.5. The van der Waals surface area contributed by atoms with E-state index >= 15 is 0 Å². The first-order valence-electron chi connectivity index (χ1n) is 3.78. The van der Waals surface area contributed by atoms with E-state index in [1.807, 2.05) is 0 Å². The second-order valence-corrected chi connectivity index (χ2v) is 3.19. The van der Waals surface area contributed by atoms with Crippen LogP contribution < -0.4 is 5.46 Å². The minimum absolute atomic E-state index is 0.0121. The molecule has 0 fully saturated rings. The summed E-state index contributed by atoms with van der Waals surface area (Å²) in [7, 11) is -1.95. The molecule has 0 bridgehead atoms. The Balaban J connectivity index is 3.50. The quantitative estimate of drug-likeness (QED) is 0.551. The number of carbonyl (C=O) groups is 1. The Bertz CT molecular complexity index is 381. The second kappa shape index (κ2) is 4.08. The van der Waals surface area contributed by atoms with E-state index in [4.69, 9.17) is 21.6 Å². The molecule has 74 valence electrons. The zero-order valence-corrected chi connectivity index (χ0v) is 8.05. The number of aryl methyl sites for hydroxylation is 1. The number of benzene rings is 1. The summed E-state index contributed by atoms with van der Waals surface area (Å²) < 4.78 is 13.3. The monoisotopic (exact) mass is 216 g/mol. The van der Waals surface area contributed by atoms with E-state index in [0.29, 0.717) is 5.56 Å². The maximum absolute atomic E-state index is 13.3. The van der Waals surface area contributed by atoms with Crippen molar-refractivity contribution in [3.05, 3.63) is 28.0 Å². The fourth-order valence-corrected chi connectivity index (χ4v) is 1.30. The van der Waals surface area contributed by atoms with Gasteiger partial charge in [-0.15, -0.1) is 0 Å². The molecule has 0 aromatic heterocycles. The highest BCUT2D eigenvalue weighted by atomic mass is 35.5. The van der Waals surface area contributed by atoms with Gasteiger partial charge in [0.25, 0.3) is 0 Å². The summed E-state index contributed by atoms with van der Waals surface area (Å²) in [6, 6.07) is 1.19. The molecule has 0 heterocycles. The average Bonchev–Trinajstić information content (AvgIpc) is 2.12. The van der Waals surface area contributed by atoms with Crippen molar-refractivity contribution >= 4 is 30.5 Å². The fourth-order valence-electron chi connectivity index (χ4n) is 1.12. The minimum atomic E-state index is -1.95. The zero-order chi connectivity index (χ0) is 10.9. The first-order chi connectivity index (χ1) is 6.49. The van der Waals surface area contributed by atoms with Crippen LogP contribution in [0.15, 0.2) is 6.07 Å². The van der Waals surface area contributed by atoms with Crippen molar-refractivity contribution in [1.82, 2.24) is 0 Å². The van der Waals surface area contributed by atoms with Gasteiger partial charge in [-0.3, -0.25) is 4.79 Å². The Morgan fingerprint density at radius 2 is 2.14 bits per heavy atom. The first kappa shape index (κ1) is 11.2. The lowest BCUT2D eigenvalue weighted by Gasteiger charge is -2.08. The van der Waals surface area contributed by atoms with Gasteiger partial charge in [0.15, 0.2) is 6.29 Å². The van der Waals surface area contributed by atoms with Crippen LogP contribution in [0.4, 0.5) is 4.39 Å². The van der Waals surface area contributed by atoms with Crippen LogP contribution in [0.25, 0.3) is 0 Å². The zero-order valence-electron chi connectivity index (χ0n) is 7.29. The molecule has 6 heteroatoms. The van der Waals surface area contributed by atoms with Gasteiger partial charge in [-0.05, 0) is 12.5 Å². The SMILES string of the molecule is Cc1cc(B(O)O)c(F)c(C=O)c1Cl. The van der Waals surface area contributed by atoms with Gasteiger partial charge in [0.05, 0.1) is 10.6 Å². The van der Waals surface area contributed by atoms with Crippen molar-refractivity contribution in [2.75, 3.05) is 0 Å². The van der Waals surface area contributed by atoms with Crippen LogP contribution in [0.1, 0.15) is 15.9 Å².